The fourth-order valence-corrected chi connectivity index (χ4v) is 4.14. The first-order valence-electron chi connectivity index (χ1n) is 11.0. The summed E-state index contributed by atoms with van der Waals surface area (Å²) in [5.41, 5.74) is 6.31. The van der Waals surface area contributed by atoms with Gasteiger partial charge in [-0.3, -0.25) is 14.7 Å². The summed E-state index contributed by atoms with van der Waals surface area (Å²) in [5, 5.41) is 17.3. The Kier molecular flexibility index (Phi) is 8.98. The first-order chi connectivity index (χ1) is 16.9. The third kappa shape index (κ3) is 6.45. The number of fused-ring (bicyclic) bond motifs is 1. The number of hydrogen-bond donors (Lipinski definition) is 4. The molecule has 1 fully saturated rings. The van der Waals surface area contributed by atoms with Crippen molar-refractivity contribution in [3.63, 3.8) is 0 Å². The molecule has 1 aliphatic heterocycles. The van der Waals surface area contributed by atoms with Crippen LogP contribution < -0.4 is 21.3 Å². The molecule has 1 atom stereocenters. The number of anilines is 4. The van der Waals surface area contributed by atoms with E-state index in [0.29, 0.717) is 39.5 Å². The van der Waals surface area contributed by atoms with Crippen LogP contribution in [-0.4, -0.2) is 54.7 Å². The number of rotatable bonds is 6. The van der Waals surface area contributed by atoms with Gasteiger partial charge in [-0.1, -0.05) is 36.8 Å². The second kappa shape index (κ2) is 12.1. The highest BCUT2D eigenvalue weighted by atomic mass is 35.5. The molecule has 0 aliphatic carbocycles. The van der Waals surface area contributed by atoms with Crippen LogP contribution in [0.5, 0.6) is 0 Å². The van der Waals surface area contributed by atoms with E-state index in [1.54, 1.807) is 10.6 Å². The van der Waals surface area contributed by atoms with Crippen LogP contribution in [0.1, 0.15) is 44.1 Å². The van der Waals surface area contributed by atoms with E-state index in [1.165, 1.54) is 17.5 Å². The fraction of sp³-hybridized carbons (Fsp3) is 0.333. The van der Waals surface area contributed by atoms with Gasteiger partial charge in [-0.25, -0.2) is 9.50 Å². The number of primary amides is 1. The van der Waals surface area contributed by atoms with Crippen molar-refractivity contribution in [1.82, 2.24) is 29.8 Å². The molecule has 5 rings (SSSR count). The fourth-order valence-electron chi connectivity index (χ4n) is 3.37. The normalized spacial score (nSPS) is 14.5. The summed E-state index contributed by atoms with van der Waals surface area (Å²) in [6, 6.07) is 5.80. The van der Waals surface area contributed by atoms with Crippen LogP contribution in [0.25, 0.3) is 5.52 Å². The molecule has 1 aliphatic rings. The number of aromatic nitrogens is 6. The molecule has 12 nitrogen and oxygen atoms in total. The standard InChI is InChI=1S/C15H18N8O.C4H3ClN2OS.C2H6/c1-9-4-2-6-22(9)15-18-14(11-5-3-7-23(11)21-15)17-12-8-10(13(16)24)19-20-12;5-3-1-6-4(9-3)7-2-8;1-2/h3,5,7-9H,2,4,6H2,1H3,(H2,16,24)(H2,17,18,19,20,21);1-2H,(H,6,7,8);1-2H3/t9-;;/m0../s1. The first-order valence-corrected chi connectivity index (χ1v) is 12.2. The van der Waals surface area contributed by atoms with Gasteiger partial charge in [-0.2, -0.15) is 10.1 Å². The number of nitrogens with zero attached hydrogens (tertiary/aromatic N) is 6. The highest BCUT2D eigenvalue weighted by Crippen LogP contribution is 2.26. The molecule has 0 radical (unpaired) electrons. The van der Waals surface area contributed by atoms with Crippen LogP contribution in [0, 0.1) is 0 Å². The Morgan fingerprint density at radius 1 is 1.40 bits per heavy atom. The Hall–Kier alpha value is -3.71. The molecule has 0 aromatic carbocycles. The summed E-state index contributed by atoms with van der Waals surface area (Å²) in [7, 11) is 0. The Bertz CT molecular complexity index is 1270. The number of thiazole rings is 1. The molecule has 4 aromatic heterocycles. The maximum absolute atomic E-state index is 11.2. The lowest BCUT2D eigenvalue weighted by Gasteiger charge is -2.21. The highest BCUT2D eigenvalue weighted by Gasteiger charge is 2.24. The summed E-state index contributed by atoms with van der Waals surface area (Å²) in [6.07, 6.45) is 6.20. The molecular weight excluding hydrogens is 492 g/mol. The van der Waals surface area contributed by atoms with Gasteiger partial charge in [0.2, 0.25) is 12.4 Å². The van der Waals surface area contributed by atoms with Crippen molar-refractivity contribution in [1.29, 1.82) is 0 Å². The Labute approximate surface area is 210 Å². The Morgan fingerprint density at radius 2 is 2.20 bits per heavy atom. The minimum Gasteiger partial charge on any atom is -0.364 e. The molecule has 1 saturated heterocycles. The summed E-state index contributed by atoms with van der Waals surface area (Å²) in [4.78, 5) is 31.6. The molecule has 35 heavy (non-hydrogen) atoms. The van der Waals surface area contributed by atoms with Gasteiger partial charge in [0, 0.05) is 24.8 Å². The van der Waals surface area contributed by atoms with Crippen molar-refractivity contribution in [2.24, 2.45) is 5.73 Å². The number of carbonyl (C=O) groups excluding carboxylic acids is 2. The molecule has 4 aromatic rings. The predicted octanol–water partition coefficient (Wildman–Crippen LogP) is 3.67. The summed E-state index contributed by atoms with van der Waals surface area (Å²) in [6.45, 7) is 7.12. The molecular formula is C21H27ClN10O2S. The lowest BCUT2D eigenvalue weighted by molar-refractivity contribution is -0.105. The molecule has 0 unspecified atom stereocenters. The monoisotopic (exact) mass is 518 g/mol. The Balaban J connectivity index is 0.000000262. The topological polar surface area (TPSA) is 159 Å². The molecule has 0 bridgehead atoms. The van der Waals surface area contributed by atoms with Crippen LogP contribution >= 0.6 is 22.9 Å². The summed E-state index contributed by atoms with van der Waals surface area (Å²) >= 11 is 6.72. The summed E-state index contributed by atoms with van der Waals surface area (Å²) < 4.78 is 2.36. The maximum atomic E-state index is 11.2. The lowest BCUT2D eigenvalue weighted by atomic mass is 10.2. The van der Waals surface area contributed by atoms with Gasteiger partial charge < -0.3 is 21.3 Å². The number of nitrogens with one attached hydrogen (secondary N) is 3. The van der Waals surface area contributed by atoms with E-state index in [4.69, 9.17) is 17.3 Å². The van der Waals surface area contributed by atoms with Crippen LogP contribution in [0.15, 0.2) is 30.6 Å². The minimum atomic E-state index is -0.558. The second-order valence-electron chi connectivity index (χ2n) is 7.17. The van der Waals surface area contributed by atoms with Gasteiger partial charge >= 0.3 is 0 Å². The third-order valence-corrected chi connectivity index (χ3v) is 5.99. The molecule has 0 saturated carbocycles. The van der Waals surface area contributed by atoms with E-state index in [1.807, 2.05) is 32.2 Å². The van der Waals surface area contributed by atoms with E-state index in [0.717, 1.165) is 24.9 Å². The van der Waals surface area contributed by atoms with Gasteiger partial charge in [0.05, 0.1) is 6.20 Å². The van der Waals surface area contributed by atoms with Gasteiger partial charge in [-0.15, -0.1) is 5.10 Å². The van der Waals surface area contributed by atoms with E-state index in [-0.39, 0.29) is 5.69 Å². The zero-order valence-corrected chi connectivity index (χ0v) is 21.1. The lowest BCUT2D eigenvalue weighted by Crippen LogP contribution is -2.29. The zero-order chi connectivity index (χ0) is 25.4. The van der Waals surface area contributed by atoms with Gasteiger partial charge in [0.15, 0.2) is 16.8 Å². The molecule has 14 heteroatoms. The molecule has 5 heterocycles. The van der Waals surface area contributed by atoms with Crippen LogP contribution in [-0.2, 0) is 4.79 Å². The van der Waals surface area contributed by atoms with E-state index >= 15 is 0 Å². The number of aromatic amines is 1. The quantitative estimate of drug-likeness (QED) is 0.281. The average Bonchev–Trinajstić information content (AvgIpc) is 3.64. The number of carbonyl (C=O) groups is 2. The van der Waals surface area contributed by atoms with E-state index in [9.17, 15) is 9.59 Å². The molecule has 5 N–H and O–H groups in total. The maximum Gasteiger partial charge on any atom is 0.266 e. The number of H-pyrrole nitrogens is 1. The SMILES string of the molecule is CC.C[C@H]1CCCN1c1nc(Nc2cc(C(N)=O)[nH]n2)c2cccn2n1.O=CNc1ncc(Cl)s1. The second-order valence-corrected chi connectivity index (χ2v) is 8.83. The number of hydrogen-bond acceptors (Lipinski definition) is 9. The minimum absolute atomic E-state index is 0.242. The number of nitrogens with two attached hydrogens (primary N) is 1. The summed E-state index contributed by atoms with van der Waals surface area (Å²) in [5.74, 6) is 1.23. The van der Waals surface area contributed by atoms with Gasteiger partial charge in [0.25, 0.3) is 5.91 Å². The van der Waals surface area contributed by atoms with E-state index in [2.05, 4.69) is 47.7 Å². The van der Waals surface area contributed by atoms with Crippen molar-refractivity contribution in [3.05, 3.63) is 40.6 Å². The van der Waals surface area contributed by atoms with Gasteiger partial charge in [0.1, 0.15) is 15.5 Å². The van der Waals surface area contributed by atoms with Crippen LogP contribution in [0.2, 0.25) is 4.34 Å². The smallest absolute Gasteiger partial charge is 0.266 e. The predicted molar refractivity (Wildman–Crippen MR) is 138 cm³/mol. The van der Waals surface area contributed by atoms with Crippen LogP contribution in [0.4, 0.5) is 22.7 Å². The average molecular weight is 519 g/mol. The van der Waals surface area contributed by atoms with Crippen molar-refractivity contribution in [2.45, 2.75) is 39.7 Å². The zero-order valence-electron chi connectivity index (χ0n) is 19.5. The van der Waals surface area contributed by atoms with Crippen molar-refractivity contribution in [2.75, 3.05) is 22.1 Å². The molecule has 186 valence electrons. The first kappa shape index (κ1) is 25.9. The Morgan fingerprint density at radius 3 is 2.80 bits per heavy atom. The largest absolute Gasteiger partial charge is 0.364 e. The molecule has 0 spiro atoms. The van der Waals surface area contributed by atoms with Crippen molar-refractivity contribution < 1.29 is 9.59 Å². The van der Waals surface area contributed by atoms with E-state index < -0.39 is 5.91 Å². The van der Waals surface area contributed by atoms with Crippen LogP contribution in [0.3, 0.4) is 0 Å². The van der Waals surface area contributed by atoms with Crippen molar-refractivity contribution >= 4 is 63.5 Å². The molecule has 2 amide bonds. The number of amides is 2. The third-order valence-electron chi connectivity index (χ3n) is 4.94. The number of halogens is 1. The highest BCUT2D eigenvalue weighted by molar-refractivity contribution is 7.19. The van der Waals surface area contributed by atoms with Crippen molar-refractivity contribution in [3.8, 4) is 0 Å². The van der Waals surface area contributed by atoms with Gasteiger partial charge in [-0.05, 0) is 31.9 Å².